The highest BCUT2D eigenvalue weighted by molar-refractivity contribution is 7.90. The average molecular weight is 356 g/mol. The van der Waals surface area contributed by atoms with Gasteiger partial charge in [-0.3, -0.25) is 0 Å². The van der Waals surface area contributed by atoms with Gasteiger partial charge in [-0.15, -0.1) is 0 Å². The van der Waals surface area contributed by atoms with E-state index >= 15 is 0 Å². The number of hydrogen-bond acceptors (Lipinski definition) is 5. The van der Waals surface area contributed by atoms with Gasteiger partial charge in [-0.1, -0.05) is 48.5 Å². The van der Waals surface area contributed by atoms with Crippen molar-refractivity contribution in [3.8, 4) is 0 Å². The Morgan fingerprint density at radius 3 is 2.24 bits per heavy atom. The lowest BCUT2D eigenvalue weighted by Crippen LogP contribution is -2.10. The van der Waals surface area contributed by atoms with Gasteiger partial charge in [0.15, 0.2) is 9.84 Å². The van der Waals surface area contributed by atoms with Gasteiger partial charge in [0.1, 0.15) is 6.61 Å². The monoisotopic (exact) mass is 356 g/mol. The van der Waals surface area contributed by atoms with E-state index in [9.17, 15) is 13.2 Å². The third-order valence-corrected chi connectivity index (χ3v) is 5.27. The number of carbonyl (C=O) groups excluding carboxylic acids is 1. The Balaban J connectivity index is 1.73. The smallest absolute Gasteiger partial charge is 0.374 e. The second-order valence-electron chi connectivity index (χ2n) is 5.41. The summed E-state index contributed by atoms with van der Waals surface area (Å²) in [6.45, 7) is 0.0885. The van der Waals surface area contributed by atoms with Crippen LogP contribution in [-0.2, 0) is 26.9 Å². The summed E-state index contributed by atoms with van der Waals surface area (Å²) in [6, 6.07) is 18.8. The molecule has 0 aliphatic carbocycles. The first-order valence-electron chi connectivity index (χ1n) is 7.61. The molecule has 1 heterocycles. The Bertz CT molecular complexity index is 944. The van der Waals surface area contributed by atoms with Gasteiger partial charge >= 0.3 is 5.97 Å². The maximum Gasteiger partial charge on any atom is 0.374 e. The molecule has 5 nitrogen and oxygen atoms in total. The molecule has 0 radical (unpaired) electrons. The molecule has 0 saturated heterocycles. The van der Waals surface area contributed by atoms with E-state index < -0.39 is 15.8 Å². The van der Waals surface area contributed by atoms with Gasteiger partial charge in [0.05, 0.1) is 16.9 Å². The van der Waals surface area contributed by atoms with Crippen LogP contribution in [0.3, 0.4) is 0 Å². The van der Waals surface area contributed by atoms with E-state index in [2.05, 4.69) is 0 Å². The van der Waals surface area contributed by atoms with Crippen molar-refractivity contribution in [3.63, 3.8) is 0 Å². The zero-order valence-electron chi connectivity index (χ0n) is 13.3. The summed E-state index contributed by atoms with van der Waals surface area (Å²) in [7, 11) is -3.57. The molecule has 6 heteroatoms. The van der Waals surface area contributed by atoms with Crippen LogP contribution >= 0.6 is 0 Å². The van der Waals surface area contributed by atoms with Crippen LogP contribution in [0.25, 0.3) is 0 Å². The zero-order valence-corrected chi connectivity index (χ0v) is 14.1. The lowest BCUT2D eigenvalue weighted by Gasteiger charge is -2.06. The van der Waals surface area contributed by atoms with E-state index in [0.717, 1.165) is 5.56 Å². The molecule has 0 atom stereocenters. The second-order valence-corrected chi connectivity index (χ2v) is 7.40. The Labute approximate surface area is 145 Å². The third-order valence-electron chi connectivity index (χ3n) is 3.59. The fourth-order valence-corrected chi connectivity index (χ4v) is 3.71. The molecule has 0 amide bonds. The first kappa shape index (κ1) is 17.0. The van der Waals surface area contributed by atoms with Crippen LogP contribution < -0.4 is 0 Å². The molecule has 0 N–H and O–H groups in total. The standard InChI is InChI=1S/C19H16O5S/c20-19(24-13-15-7-3-1-4-8-15)18-16(11-12-23-18)14-25(21,22)17-9-5-2-6-10-17/h1-12H,13-14H2. The summed E-state index contributed by atoms with van der Waals surface area (Å²) in [5.74, 6) is -1.11. The van der Waals surface area contributed by atoms with Crippen molar-refractivity contribution in [1.82, 2.24) is 0 Å². The van der Waals surface area contributed by atoms with Crippen LogP contribution in [0.2, 0.25) is 0 Å². The molecule has 3 rings (SSSR count). The normalized spacial score (nSPS) is 11.2. The quantitative estimate of drug-likeness (QED) is 0.631. The summed E-state index contributed by atoms with van der Waals surface area (Å²) in [5, 5.41) is 0. The number of rotatable bonds is 6. The molecule has 0 aliphatic rings. The summed E-state index contributed by atoms with van der Waals surface area (Å²) in [6.07, 6.45) is 1.29. The lowest BCUT2D eigenvalue weighted by molar-refractivity contribution is 0.0435. The molecular formula is C19H16O5S. The minimum absolute atomic E-state index is 0.0876. The predicted octanol–water partition coefficient (Wildman–Crippen LogP) is 3.61. The van der Waals surface area contributed by atoms with E-state index in [0.29, 0.717) is 0 Å². The predicted molar refractivity (Wildman–Crippen MR) is 91.6 cm³/mol. The third kappa shape index (κ3) is 4.16. The van der Waals surface area contributed by atoms with Gasteiger partial charge in [-0.25, -0.2) is 13.2 Å². The number of esters is 1. The average Bonchev–Trinajstić information content (AvgIpc) is 3.09. The molecule has 0 saturated carbocycles. The van der Waals surface area contributed by atoms with Gasteiger partial charge < -0.3 is 9.15 Å². The molecule has 2 aromatic carbocycles. The minimum Gasteiger partial charge on any atom is -0.457 e. The minimum atomic E-state index is -3.57. The van der Waals surface area contributed by atoms with Crippen molar-refractivity contribution >= 4 is 15.8 Å². The Kier molecular flexibility index (Phi) is 5.00. The summed E-state index contributed by atoms with van der Waals surface area (Å²) >= 11 is 0. The molecule has 25 heavy (non-hydrogen) atoms. The van der Waals surface area contributed by atoms with Gasteiger partial charge in [-0.2, -0.15) is 0 Å². The summed E-state index contributed by atoms with van der Waals surface area (Å²) in [4.78, 5) is 12.4. The van der Waals surface area contributed by atoms with Crippen molar-refractivity contribution < 1.29 is 22.4 Å². The van der Waals surface area contributed by atoms with E-state index in [4.69, 9.17) is 9.15 Å². The highest BCUT2D eigenvalue weighted by Crippen LogP contribution is 2.20. The first-order chi connectivity index (χ1) is 12.1. The molecule has 0 aliphatic heterocycles. The lowest BCUT2D eigenvalue weighted by atomic mass is 10.2. The molecule has 0 spiro atoms. The number of hydrogen-bond donors (Lipinski definition) is 0. The van der Waals surface area contributed by atoms with Gasteiger partial charge in [-0.05, 0) is 23.8 Å². The number of benzene rings is 2. The van der Waals surface area contributed by atoms with Crippen LogP contribution in [-0.4, -0.2) is 14.4 Å². The van der Waals surface area contributed by atoms with Crippen molar-refractivity contribution in [1.29, 1.82) is 0 Å². The van der Waals surface area contributed by atoms with E-state index in [1.54, 1.807) is 18.2 Å². The van der Waals surface area contributed by atoms with Crippen molar-refractivity contribution in [3.05, 3.63) is 89.9 Å². The summed E-state index contributed by atoms with van der Waals surface area (Å²) in [5.41, 5.74) is 1.11. The number of ether oxygens (including phenoxy) is 1. The highest BCUT2D eigenvalue weighted by Gasteiger charge is 2.23. The van der Waals surface area contributed by atoms with Crippen LogP contribution in [0.4, 0.5) is 0 Å². The maximum atomic E-state index is 12.5. The number of sulfone groups is 1. The molecule has 0 unspecified atom stereocenters. The molecule has 1 aromatic heterocycles. The molecule has 0 bridgehead atoms. The fourth-order valence-electron chi connectivity index (χ4n) is 2.33. The number of furan rings is 1. The van der Waals surface area contributed by atoms with E-state index in [1.165, 1.54) is 24.5 Å². The fraction of sp³-hybridized carbons (Fsp3) is 0.105. The highest BCUT2D eigenvalue weighted by atomic mass is 32.2. The maximum absolute atomic E-state index is 12.5. The van der Waals surface area contributed by atoms with Crippen LogP contribution in [0.1, 0.15) is 21.7 Å². The van der Waals surface area contributed by atoms with Crippen LogP contribution in [0, 0.1) is 0 Å². The second kappa shape index (κ2) is 7.36. The SMILES string of the molecule is O=C(OCc1ccccc1)c1occc1CS(=O)(=O)c1ccccc1. The first-order valence-corrected chi connectivity index (χ1v) is 9.27. The molecular weight excluding hydrogens is 340 g/mol. The van der Waals surface area contributed by atoms with Gasteiger partial charge in [0.25, 0.3) is 0 Å². The van der Waals surface area contributed by atoms with Crippen molar-refractivity contribution in [2.24, 2.45) is 0 Å². The topological polar surface area (TPSA) is 73.6 Å². The van der Waals surface area contributed by atoms with E-state index in [1.807, 2.05) is 30.3 Å². The molecule has 3 aromatic rings. The van der Waals surface area contributed by atoms with Crippen molar-refractivity contribution in [2.75, 3.05) is 0 Å². The summed E-state index contributed by atoms with van der Waals surface area (Å²) < 4.78 is 35.3. The molecule has 128 valence electrons. The Hall–Kier alpha value is -2.86. The Morgan fingerprint density at radius 1 is 0.920 bits per heavy atom. The van der Waals surface area contributed by atoms with E-state index in [-0.39, 0.29) is 28.6 Å². The van der Waals surface area contributed by atoms with Gasteiger partial charge in [0, 0.05) is 5.56 Å². The molecule has 0 fully saturated rings. The van der Waals surface area contributed by atoms with Crippen LogP contribution in [0.5, 0.6) is 0 Å². The number of carbonyl (C=O) groups is 1. The van der Waals surface area contributed by atoms with Crippen LogP contribution in [0.15, 0.2) is 82.3 Å². The largest absolute Gasteiger partial charge is 0.457 e. The van der Waals surface area contributed by atoms with Gasteiger partial charge in [0.2, 0.25) is 5.76 Å². The Morgan fingerprint density at radius 2 is 1.56 bits per heavy atom. The zero-order chi connectivity index (χ0) is 17.7. The van der Waals surface area contributed by atoms with Crippen molar-refractivity contribution in [2.45, 2.75) is 17.3 Å².